The van der Waals surface area contributed by atoms with Crippen LogP contribution >= 0.6 is 0 Å². The number of hydrogen-bond donors (Lipinski definition) is 1. The third kappa shape index (κ3) is 1.95. The monoisotopic (exact) mass is 233 g/mol. The summed E-state index contributed by atoms with van der Waals surface area (Å²) in [4.78, 5) is 4.21. The first-order valence-corrected chi connectivity index (χ1v) is 5.82. The standard InChI is InChI=1S/C11H15N5O/c1-12-6-8-4-9(5-8)17-11-10-15-14-7-16(10)3-2-13-11/h2-3,7-9,12H,4-6H2,1H3. The molecule has 1 fully saturated rings. The van der Waals surface area contributed by atoms with Crippen LogP contribution in [0.1, 0.15) is 12.8 Å². The largest absolute Gasteiger partial charge is 0.472 e. The highest BCUT2D eigenvalue weighted by Gasteiger charge is 2.31. The maximum Gasteiger partial charge on any atom is 0.260 e. The molecule has 2 aromatic heterocycles. The third-order valence-electron chi connectivity index (χ3n) is 3.15. The van der Waals surface area contributed by atoms with Crippen LogP contribution in [0, 0.1) is 5.92 Å². The van der Waals surface area contributed by atoms with Crippen LogP contribution in [0.15, 0.2) is 18.7 Å². The molecule has 0 saturated heterocycles. The van der Waals surface area contributed by atoms with Crippen LogP contribution in [0.4, 0.5) is 0 Å². The molecule has 2 heterocycles. The van der Waals surface area contributed by atoms with Crippen molar-refractivity contribution in [1.82, 2.24) is 24.9 Å². The lowest BCUT2D eigenvalue weighted by molar-refractivity contribution is 0.0626. The zero-order chi connectivity index (χ0) is 11.7. The number of rotatable bonds is 4. The molecule has 0 spiro atoms. The second-order valence-corrected chi connectivity index (χ2v) is 4.43. The Kier molecular flexibility index (Phi) is 2.64. The predicted molar refractivity (Wildman–Crippen MR) is 61.8 cm³/mol. The Morgan fingerprint density at radius 3 is 3.24 bits per heavy atom. The van der Waals surface area contributed by atoms with Crippen molar-refractivity contribution in [2.45, 2.75) is 18.9 Å². The first kappa shape index (κ1) is 10.5. The van der Waals surface area contributed by atoms with Gasteiger partial charge in [0.25, 0.3) is 5.88 Å². The van der Waals surface area contributed by atoms with Gasteiger partial charge in [-0.05, 0) is 32.4 Å². The maximum atomic E-state index is 5.84. The summed E-state index contributed by atoms with van der Waals surface area (Å²) in [5, 5.41) is 11.0. The molecule has 3 rings (SSSR count). The Labute approximate surface area is 99.0 Å². The Hall–Kier alpha value is -1.69. The Bertz CT molecular complexity index is 505. The predicted octanol–water partition coefficient (Wildman–Crippen LogP) is 0.501. The zero-order valence-corrected chi connectivity index (χ0v) is 9.71. The summed E-state index contributed by atoms with van der Waals surface area (Å²) in [6.45, 7) is 1.06. The molecule has 1 N–H and O–H groups in total. The summed E-state index contributed by atoms with van der Waals surface area (Å²) in [6.07, 6.45) is 7.59. The quantitative estimate of drug-likeness (QED) is 0.833. The second kappa shape index (κ2) is 4.29. The van der Waals surface area contributed by atoms with Gasteiger partial charge in [0.05, 0.1) is 0 Å². The van der Waals surface area contributed by atoms with E-state index >= 15 is 0 Å². The highest BCUT2D eigenvalue weighted by atomic mass is 16.5. The lowest BCUT2D eigenvalue weighted by Gasteiger charge is -2.34. The highest BCUT2D eigenvalue weighted by molar-refractivity contribution is 5.47. The average Bonchev–Trinajstić information content (AvgIpc) is 2.75. The minimum Gasteiger partial charge on any atom is -0.472 e. The number of fused-ring (bicyclic) bond motifs is 1. The molecule has 0 aromatic carbocycles. The van der Waals surface area contributed by atoms with Gasteiger partial charge in [0.1, 0.15) is 12.4 Å². The normalized spacial score (nSPS) is 23.6. The fraction of sp³-hybridized carbons (Fsp3) is 0.545. The molecule has 17 heavy (non-hydrogen) atoms. The zero-order valence-electron chi connectivity index (χ0n) is 9.71. The molecule has 0 unspecified atom stereocenters. The number of ether oxygens (including phenoxy) is 1. The minimum absolute atomic E-state index is 0.267. The van der Waals surface area contributed by atoms with E-state index in [1.54, 1.807) is 12.5 Å². The first-order valence-electron chi connectivity index (χ1n) is 5.82. The van der Waals surface area contributed by atoms with Crippen LogP contribution in [-0.2, 0) is 0 Å². The Balaban J connectivity index is 1.68. The lowest BCUT2D eigenvalue weighted by atomic mass is 9.82. The molecule has 0 radical (unpaired) electrons. The molecule has 2 aromatic rings. The van der Waals surface area contributed by atoms with E-state index in [1.165, 1.54) is 0 Å². The molecule has 90 valence electrons. The molecule has 1 aliphatic rings. The van der Waals surface area contributed by atoms with Crippen molar-refractivity contribution in [2.75, 3.05) is 13.6 Å². The van der Waals surface area contributed by atoms with Gasteiger partial charge in [-0.25, -0.2) is 4.98 Å². The van der Waals surface area contributed by atoms with Gasteiger partial charge in [-0.3, -0.25) is 4.40 Å². The van der Waals surface area contributed by atoms with Crippen LogP contribution in [0.3, 0.4) is 0 Å². The van der Waals surface area contributed by atoms with Gasteiger partial charge in [-0.15, -0.1) is 10.2 Å². The summed E-state index contributed by atoms with van der Waals surface area (Å²) in [5.41, 5.74) is 0.685. The molecule has 1 saturated carbocycles. The maximum absolute atomic E-state index is 5.84. The van der Waals surface area contributed by atoms with E-state index in [9.17, 15) is 0 Å². The van der Waals surface area contributed by atoms with Gasteiger partial charge < -0.3 is 10.1 Å². The van der Waals surface area contributed by atoms with Crippen molar-refractivity contribution >= 4 is 5.65 Å². The minimum atomic E-state index is 0.267. The lowest BCUT2D eigenvalue weighted by Crippen LogP contribution is -2.38. The summed E-state index contributed by atoms with van der Waals surface area (Å²) in [7, 11) is 1.98. The smallest absolute Gasteiger partial charge is 0.260 e. The summed E-state index contributed by atoms with van der Waals surface area (Å²) < 4.78 is 7.65. The van der Waals surface area contributed by atoms with Gasteiger partial charge >= 0.3 is 0 Å². The van der Waals surface area contributed by atoms with Gasteiger partial charge in [0, 0.05) is 12.4 Å². The molecular weight excluding hydrogens is 218 g/mol. The fourth-order valence-corrected chi connectivity index (χ4v) is 2.20. The van der Waals surface area contributed by atoms with Crippen molar-refractivity contribution in [3.05, 3.63) is 18.7 Å². The molecule has 1 aliphatic carbocycles. The van der Waals surface area contributed by atoms with Gasteiger partial charge in [0.2, 0.25) is 5.65 Å². The van der Waals surface area contributed by atoms with Crippen LogP contribution < -0.4 is 10.1 Å². The highest BCUT2D eigenvalue weighted by Crippen LogP contribution is 2.30. The van der Waals surface area contributed by atoms with Crippen molar-refractivity contribution in [2.24, 2.45) is 5.92 Å². The number of nitrogens with zero attached hydrogens (tertiary/aromatic N) is 4. The molecule has 0 aliphatic heterocycles. The average molecular weight is 233 g/mol. The Morgan fingerprint density at radius 1 is 1.53 bits per heavy atom. The van der Waals surface area contributed by atoms with Crippen LogP contribution in [0.25, 0.3) is 5.65 Å². The van der Waals surface area contributed by atoms with E-state index in [-0.39, 0.29) is 6.10 Å². The van der Waals surface area contributed by atoms with Crippen molar-refractivity contribution in [1.29, 1.82) is 0 Å². The molecule has 0 bridgehead atoms. The number of nitrogens with one attached hydrogen (secondary N) is 1. The van der Waals surface area contributed by atoms with Crippen LogP contribution in [0.5, 0.6) is 5.88 Å². The number of hydrogen-bond acceptors (Lipinski definition) is 5. The van der Waals surface area contributed by atoms with Gasteiger partial charge in [-0.2, -0.15) is 0 Å². The van der Waals surface area contributed by atoms with Crippen molar-refractivity contribution < 1.29 is 4.74 Å². The molecule has 0 amide bonds. The molecular formula is C11H15N5O. The van der Waals surface area contributed by atoms with E-state index in [2.05, 4.69) is 20.5 Å². The van der Waals surface area contributed by atoms with Crippen LogP contribution in [0.2, 0.25) is 0 Å². The molecule has 6 heteroatoms. The van der Waals surface area contributed by atoms with Crippen molar-refractivity contribution in [3.8, 4) is 5.88 Å². The summed E-state index contributed by atoms with van der Waals surface area (Å²) in [6, 6.07) is 0. The topological polar surface area (TPSA) is 64.3 Å². The first-order chi connectivity index (χ1) is 8.36. The number of aromatic nitrogens is 4. The molecule has 0 atom stereocenters. The second-order valence-electron chi connectivity index (χ2n) is 4.43. The third-order valence-corrected chi connectivity index (χ3v) is 3.15. The van der Waals surface area contributed by atoms with E-state index in [0.717, 1.165) is 25.3 Å². The van der Waals surface area contributed by atoms with E-state index in [1.807, 2.05) is 17.6 Å². The summed E-state index contributed by atoms with van der Waals surface area (Å²) >= 11 is 0. The SMILES string of the molecule is CNCC1CC(Oc2nccn3cnnc23)C1. The van der Waals surface area contributed by atoms with Gasteiger partial charge in [0.15, 0.2) is 0 Å². The van der Waals surface area contributed by atoms with Crippen molar-refractivity contribution in [3.63, 3.8) is 0 Å². The van der Waals surface area contributed by atoms with Gasteiger partial charge in [-0.1, -0.05) is 0 Å². The van der Waals surface area contributed by atoms with E-state index < -0.39 is 0 Å². The molecule has 6 nitrogen and oxygen atoms in total. The van der Waals surface area contributed by atoms with E-state index in [4.69, 9.17) is 4.74 Å². The Morgan fingerprint density at radius 2 is 2.41 bits per heavy atom. The van der Waals surface area contributed by atoms with E-state index in [0.29, 0.717) is 11.5 Å². The summed E-state index contributed by atoms with van der Waals surface area (Å²) in [5.74, 6) is 1.31. The van der Waals surface area contributed by atoms with Crippen LogP contribution in [-0.4, -0.2) is 39.3 Å². The fourth-order valence-electron chi connectivity index (χ4n) is 2.20.